The first kappa shape index (κ1) is 38.0. The second kappa shape index (κ2) is 15.5. The van der Waals surface area contributed by atoms with E-state index in [0.29, 0.717) is 0 Å². The van der Waals surface area contributed by atoms with Crippen LogP contribution in [0.5, 0.6) is 23.0 Å². The first-order valence-electron chi connectivity index (χ1n) is 18.6. The van der Waals surface area contributed by atoms with Crippen molar-refractivity contribution in [3.05, 3.63) is 162 Å². The Labute approximate surface area is 339 Å². The summed E-state index contributed by atoms with van der Waals surface area (Å²) in [6, 6.07) is 44.3. The van der Waals surface area contributed by atoms with Gasteiger partial charge in [0.15, 0.2) is 0 Å². The molecule has 1 radical (unpaired) electrons. The number of ether oxygens (including phenoxy) is 2. The second-order valence-electron chi connectivity index (χ2n) is 15.7. The molecule has 0 unspecified atom stereocenters. The van der Waals surface area contributed by atoms with Crippen LogP contribution >= 0.6 is 0 Å². The van der Waals surface area contributed by atoms with Crippen molar-refractivity contribution in [2.75, 3.05) is 0 Å². The van der Waals surface area contributed by atoms with Gasteiger partial charge in [0.2, 0.25) is 6.71 Å². The van der Waals surface area contributed by atoms with Crippen LogP contribution in [0.4, 0.5) is 0 Å². The van der Waals surface area contributed by atoms with Gasteiger partial charge in [0.05, 0.1) is 0 Å². The number of nitrogens with zero attached hydrogens (tertiary/aromatic N) is 2. The van der Waals surface area contributed by atoms with Crippen LogP contribution in [0.25, 0.3) is 33.6 Å². The number of hydrogen-bond donors (Lipinski definition) is 0. The molecule has 275 valence electrons. The van der Waals surface area contributed by atoms with Gasteiger partial charge in [-0.2, -0.15) is 0 Å². The predicted molar refractivity (Wildman–Crippen MR) is 222 cm³/mol. The summed E-state index contributed by atoms with van der Waals surface area (Å²) in [6.45, 7) is 15.3. The Balaban J connectivity index is 0.000000183. The molecule has 0 amide bonds. The van der Waals surface area contributed by atoms with E-state index < -0.39 is 0 Å². The fourth-order valence-electron chi connectivity index (χ4n) is 7.39. The summed E-state index contributed by atoms with van der Waals surface area (Å²) >= 11 is 0. The monoisotopic (exact) mass is 895 g/mol. The molecular weight excluding hydrogens is 852 g/mol. The van der Waals surface area contributed by atoms with E-state index in [-0.39, 0.29) is 32.2 Å². The Morgan fingerprint density at radius 2 is 1.25 bits per heavy atom. The maximum absolute atomic E-state index is 6.54. The van der Waals surface area contributed by atoms with Crippen LogP contribution < -0.4 is 25.9 Å². The number of aromatic nitrogens is 2. The molecule has 0 aliphatic carbocycles. The number of pyridine rings is 2. The summed E-state index contributed by atoms with van der Waals surface area (Å²) in [6.07, 6.45) is 4.88. The van der Waals surface area contributed by atoms with Crippen LogP contribution in [0.3, 0.4) is 0 Å². The fourth-order valence-corrected chi connectivity index (χ4v) is 7.39. The summed E-state index contributed by atoms with van der Waals surface area (Å²) in [5.41, 5.74) is 16.0. The molecule has 2 aliphatic rings. The Morgan fingerprint density at radius 3 is 1.95 bits per heavy atom. The third kappa shape index (κ3) is 7.67. The average molecular weight is 895 g/mol. The Morgan fingerprint density at radius 1 is 0.618 bits per heavy atom. The van der Waals surface area contributed by atoms with Crippen molar-refractivity contribution < 1.29 is 29.6 Å². The topological polar surface area (TPSA) is 44.2 Å². The van der Waals surface area contributed by atoms with E-state index in [4.69, 9.17) is 14.5 Å². The normalized spacial score (nSPS) is 12.1. The zero-order valence-electron chi connectivity index (χ0n) is 32.4. The van der Waals surface area contributed by atoms with Gasteiger partial charge in [-0.3, -0.25) is 0 Å². The van der Waals surface area contributed by atoms with E-state index in [1.165, 1.54) is 38.9 Å². The van der Waals surface area contributed by atoms with Crippen LogP contribution in [-0.4, -0.2) is 16.7 Å². The molecule has 0 fully saturated rings. The summed E-state index contributed by atoms with van der Waals surface area (Å²) in [5.74, 6) is 3.36. The van der Waals surface area contributed by atoms with E-state index in [2.05, 4.69) is 138 Å². The molecule has 6 heteroatoms. The number of aryl methyl sites for hydroxylation is 4. The molecule has 0 saturated heterocycles. The van der Waals surface area contributed by atoms with Gasteiger partial charge in [-0.05, 0) is 83.7 Å². The number of hydrogen-bond acceptors (Lipinski definition) is 4. The molecule has 5 aromatic carbocycles. The van der Waals surface area contributed by atoms with Crippen LogP contribution in [0, 0.1) is 45.2 Å². The molecule has 7 aromatic rings. The summed E-state index contributed by atoms with van der Waals surface area (Å²) in [5, 5.41) is 0. The van der Waals surface area contributed by atoms with Crippen molar-refractivity contribution in [1.82, 2.24) is 9.97 Å². The third-order valence-electron chi connectivity index (χ3n) is 10.3. The maximum atomic E-state index is 6.54. The van der Waals surface area contributed by atoms with Gasteiger partial charge >= 0.3 is 0 Å². The van der Waals surface area contributed by atoms with E-state index in [1.807, 2.05) is 48.8 Å². The molecule has 0 saturated carbocycles. The minimum absolute atomic E-state index is 0. The zero-order chi connectivity index (χ0) is 37.6. The van der Waals surface area contributed by atoms with E-state index in [0.717, 1.165) is 68.3 Å². The number of para-hydroxylation sites is 2. The first-order valence-corrected chi connectivity index (χ1v) is 18.6. The van der Waals surface area contributed by atoms with Gasteiger partial charge in [-0.1, -0.05) is 134 Å². The summed E-state index contributed by atoms with van der Waals surface area (Å²) < 4.78 is 12.9. The number of fused-ring (bicyclic) bond motifs is 4. The second-order valence-corrected chi connectivity index (χ2v) is 15.7. The Bertz CT molecular complexity index is 2510. The Hall–Kier alpha value is -5.29. The average Bonchev–Trinajstić information content (AvgIpc) is 3.17. The fraction of sp³-hybridized carbons (Fsp3) is 0.184. The molecule has 4 heterocycles. The van der Waals surface area contributed by atoms with Crippen molar-refractivity contribution in [3.8, 4) is 56.6 Å². The molecule has 0 N–H and O–H groups in total. The first-order chi connectivity index (χ1) is 26.0. The van der Waals surface area contributed by atoms with Crippen molar-refractivity contribution >= 4 is 23.1 Å². The molecule has 0 bridgehead atoms. The van der Waals surface area contributed by atoms with Crippen molar-refractivity contribution in [2.45, 2.75) is 54.9 Å². The molecule has 2 aliphatic heterocycles. The molecule has 0 spiro atoms. The van der Waals surface area contributed by atoms with Gasteiger partial charge in [-0.25, -0.2) is 0 Å². The van der Waals surface area contributed by atoms with E-state index in [1.54, 1.807) is 0 Å². The van der Waals surface area contributed by atoms with Crippen LogP contribution in [-0.2, 0) is 26.5 Å². The van der Waals surface area contributed by atoms with Crippen LogP contribution in [0.15, 0.2) is 122 Å². The zero-order valence-corrected chi connectivity index (χ0v) is 34.8. The van der Waals surface area contributed by atoms with Crippen molar-refractivity contribution in [1.29, 1.82) is 0 Å². The largest absolute Gasteiger partial charge is 0.503 e. The van der Waals surface area contributed by atoms with E-state index in [9.17, 15) is 0 Å². The summed E-state index contributed by atoms with van der Waals surface area (Å²) in [7, 11) is 0. The standard InChI is InChI=1S/C29H25BNO2.C20H18N.Ir/c1-18-17-31-23(15-19(18)16-29(2,3)4)20-13-14-26-27-28(20)33-25-12-8-6-10-22(25)30(27)21-9-5-7-11-24(21)32-26;1-14-9-10-18(20-11-15(2)16(3)13-21-20)12-19(14)17-7-5-4-6-8-17;/h5-12,14-15,17H,16H2,1-4H3;4-9,11-13H,1-3H3;/q2*-1;. The van der Waals surface area contributed by atoms with Gasteiger partial charge in [0.1, 0.15) is 11.5 Å². The van der Waals surface area contributed by atoms with Crippen LogP contribution in [0.1, 0.15) is 48.6 Å². The summed E-state index contributed by atoms with van der Waals surface area (Å²) in [4.78, 5) is 9.34. The number of benzene rings is 5. The molecule has 4 nitrogen and oxygen atoms in total. The van der Waals surface area contributed by atoms with Crippen molar-refractivity contribution in [3.63, 3.8) is 0 Å². The van der Waals surface area contributed by atoms with Crippen molar-refractivity contribution in [2.24, 2.45) is 5.41 Å². The molecule has 2 aromatic heterocycles. The molecule has 55 heavy (non-hydrogen) atoms. The Kier molecular flexibility index (Phi) is 10.7. The van der Waals surface area contributed by atoms with Gasteiger partial charge in [0, 0.05) is 44.0 Å². The maximum Gasteiger partial charge on any atom is 0.239 e. The number of rotatable bonds is 4. The molecule has 0 atom stereocenters. The van der Waals surface area contributed by atoms with Gasteiger partial charge in [-0.15, -0.1) is 41.5 Å². The smallest absolute Gasteiger partial charge is 0.239 e. The minimum atomic E-state index is 0. The van der Waals surface area contributed by atoms with E-state index >= 15 is 0 Å². The SMILES string of the molecule is Cc1cnc(-c2[c-]cc(C)c(-c3ccccc3)c2)cc1C.Cc1cnc(-c2[c-]cc3c4c2Oc2ccccc2B4c2ccccc2O3)cc1CC(C)(C)C.[Ir]. The minimum Gasteiger partial charge on any atom is -0.503 e. The van der Waals surface area contributed by atoms with Gasteiger partial charge in [0.25, 0.3) is 0 Å². The predicted octanol–water partition coefficient (Wildman–Crippen LogP) is 10.3. The molecular formula is C49H43BIrN2O2-2. The van der Waals surface area contributed by atoms with Gasteiger partial charge < -0.3 is 19.4 Å². The van der Waals surface area contributed by atoms with Crippen LogP contribution in [0.2, 0.25) is 0 Å². The quantitative estimate of drug-likeness (QED) is 0.130. The molecule has 9 rings (SSSR count). The third-order valence-corrected chi connectivity index (χ3v) is 10.3.